The summed E-state index contributed by atoms with van der Waals surface area (Å²) in [6.45, 7) is 0.423. The van der Waals surface area contributed by atoms with Gasteiger partial charge in [-0.15, -0.1) is 11.3 Å². The third-order valence-corrected chi connectivity index (χ3v) is 5.89. The van der Waals surface area contributed by atoms with Gasteiger partial charge in [0.15, 0.2) is 0 Å². The van der Waals surface area contributed by atoms with Gasteiger partial charge in [-0.3, -0.25) is 9.69 Å². The number of aryl methyl sites for hydroxylation is 1. The van der Waals surface area contributed by atoms with Crippen molar-refractivity contribution in [3.63, 3.8) is 0 Å². The molecule has 0 unspecified atom stereocenters. The number of hydrogen-bond donors (Lipinski definition) is 1. The number of likely N-dealkylation sites (N-methyl/N-ethyl adjacent to an activating group) is 1. The Balaban J connectivity index is 1.59. The van der Waals surface area contributed by atoms with Crippen molar-refractivity contribution in [2.45, 2.75) is 38.4 Å². The number of anilines is 1. The smallest absolute Gasteiger partial charge is 0.315 e. The third-order valence-electron chi connectivity index (χ3n) is 4.68. The number of carbonyl (C=O) groups is 1. The maximum Gasteiger partial charge on any atom is 0.416 e. The number of fused-ring (bicyclic) bond motifs is 1. The summed E-state index contributed by atoms with van der Waals surface area (Å²) in [7, 11) is 1.72. The van der Waals surface area contributed by atoms with E-state index >= 15 is 0 Å². The van der Waals surface area contributed by atoms with E-state index in [1.165, 1.54) is 28.3 Å². The lowest BCUT2D eigenvalue weighted by atomic mass is 9.96. The van der Waals surface area contributed by atoms with Crippen molar-refractivity contribution in [2.24, 2.45) is 0 Å². The Morgan fingerprint density at radius 1 is 1.25 bits per heavy atom. The number of alkyl halides is 3. The van der Waals surface area contributed by atoms with Crippen LogP contribution in [0.2, 0.25) is 0 Å². The molecule has 4 nitrogen and oxygen atoms in total. The van der Waals surface area contributed by atoms with Crippen LogP contribution >= 0.6 is 11.3 Å². The van der Waals surface area contributed by atoms with Crippen molar-refractivity contribution in [1.29, 1.82) is 5.26 Å². The van der Waals surface area contributed by atoms with Crippen LogP contribution in [0.15, 0.2) is 24.3 Å². The lowest BCUT2D eigenvalue weighted by molar-refractivity contribution is -0.137. The SMILES string of the molecule is CN(CC(=O)Nc1sc2c(c1C#N)CCCC2)Cc1ccc(C(F)(F)F)cc1. The van der Waals surface area contributed by atoms with Gasteiger partial charge in [-0.25, -0.2) is 0 Å². The minimum atomic E-state index is -4.36. The number of nitrogens with zero attached hydrogens (tertiary/aromatic N) is 2. The van der Waals surface area contributed by atoms with Crippen LogP contribution in [0, 0.1) is 11.3 Å². The van der Waals surface area contributed by atoms with Gasteiger partial charge < -0.3 is 5.32 Å². The Labute approximate surface area is 165 Å². The van der Waals surface area contributed by atoms with Crippen molar-refractivity contribution >= 4 is 22.2 Å². The fraction of sp³-hybridized carbons (Fsp3) is 0.400. The van der Waals surface area contributed by atoms with Crippen LogP contribution in [-0.4, -0.2) is 24.4 Å². The summed E-state index contributed by atoms with van der Waals surface area (Å²) >= 11 is 1.47. The Bertz CT molecular complexity index is 897. The first-order valence-corrected chi connectivity index (χ1v) is 9.78. The standard InChI is InChI=1S/C20H20F3N3OS/c1-26(11-13-6-8-14(9-7-13)20(21,22)23)12-18(27)25-19-16(10-24)15-4-2-3-5-17(15)28-19/h6-9H,2-5,11-12H2,1H3,(H,25,27). The molecular weight excluding hydrogens is 387 g/mol. The second-order valence-electron chi connectivity index (χ2n) is 6.94. The van der Waals surface area contributed by atoms with E-state index in [2.05, 4.69) is 11.4 Å². The third kappa shape index (κ3) is 4.72. The number of rotatable bonds is 5. The highest BCUT2D eigenvalue weighted by Gasteiger charge is 2.30. The minimum Gasteiger partial charge on any atom is -0.315 e. The summed E-state index contributed by atoms with van der Waals surface area (Å²) in [6, 6.07) is 7.12. The second kappa shape index (κ2) is 8.33. The number of halogens is 3. The van der Waals surface area contributed by atoms with Crippen LogP contribution < -0.4 is 5.32 Å². The fourth-order valence-electron chi connectivity index (χ4n) is 3.35. The molecule has 0 radical (unpaired) electrons. The molecule has 1 aromatic heterocycles. The van der Waals surface area contributed by atoms with E-state index in [0.717, 1.165) is 43.4 Å². The van der Waals surface area contributed by atoms with Crippen molar-refractivity contribution < 1.29 is 18.0 Å². The van der Waals surface area contributed by atoms with Crippen molar-refractivity contribution in [2.75, 3.05) is 18.9 Å². The highest BCUT2D eigenvalue weighted by Crippen LogP contribution is 2.37. The zero-order chi connectivity index (χ0) is 20.3. The number of carbonyl (C=O) groups excluding carboxylic acids is 1. The zero-order valence-corrected chi connectivity index (χ0v) is 16.2. The van der Waals surface area contributed by atoms with Crippen LogP contribution in [0.25, 0.3) is 0 Å². The molecular formula is C20H20F3N3OS. The van der Waals surface area contributed by atoms with Gasteiger partial charge in [0.1, 0.15) is 11.1 Å². The first kappa shape index (κ1) is 20.4. The van der Waals surface area contributed by atoms with Gasteiger partial charge in [0.2, 0.25) is 5.91 Å². The van der Waals surface area contributed by atoms with Crippen LogP contribution in [0.4, 0.5) is 18.2 Å². The van der Waals surface area contributed by atoms with E-state index in [1.807, 2.05) is 0 Å². The summed E-state index contributed by atoms with van der Waals surface area (Å²) < 4.78 is 37.9. The second-order valence-corrected chi connectivity index (χ2v) is 8.05. The first-order valence-electron chi connectivity index (χ1n) is 8.97. The van der Waals surface area contributed by atoms with Gasteiger partial charge in [-0.05, 0) is 56.0 Å². The van der Waals surface area contributed by atoms with Crippen LogP contribution in [-0.2, 0) is 30.4 Å². The van der Waals surface area contributed by atoms with E-state index < -0.39 is 11.7 Å². The van der Waals surface area contributed by atoms with E-state index in [0.29, 0.717) is 22.7 Å². The molecule has 28 heavy (non-hydrogen) atoms. The number of thiophene rings is 1. The number of nitriles is 1. The Morgan fingerprint density at radius 3 is 2.57 bits per heavy atom. The van der Waals surface area contributed by atoms with Crippen LogP contribution in [0.3, 0.4) is 0 Å². The molecule has 1 aromatic carbocycles. The van der Waals surface area contributed by atoms with Gasteiger partial charge in [0.25, 0.3) is 0 Å². The molecule has 0 spiro atoms. The number of benzene rings is 1. The molecule has 1 amide bonds. The number of nitrogens with one attached hydrogen (secondary N) is 1. The molecule has 0 saturated heterocycles. The summed E-state index contributed by atoms with van der Waals surface area (Å²) in [6.07, 6.45) is -0.386. The van der Waals surface area contributed by atoms with Crippen molar-refractivity contribution in [1.82, 2.24) is 4.90 Å². The largest absolute Gasteiger partial charge is 0.416 e. The molecule has 1 N–H and O–H groups in total. The molecule has 3 rings (SSSR count). The van der Waals surface area contributed by atoms with E-state index in [4.69, 9.17) is 0 Å². The monoisotopic (exact) mass is 407 g/mol. The van der Waals surface area contributed by atoms with Crippen LogP contribution in [0.5, 0.6) is 0 Å². The molecule has 1 aliphatic carbocycles. The predicted molar refractivity (Wildman–Crippen MR) is 102 cm³/mol. The number of amides is 1. The van der Waals surface area contributed by atoms with E-state index in [1.54, 1.807) is 11.9 Å². The van der Waals surface area contributed by atoms with Crippen molar-refractivity contribution in [3.05, 3.63) is 51.4 Å². The molecule has 0 saturated carbocycles. The lowest BCUT2D eigenvalue weighted by Gasteiger charge is -2.16. The first-order chi connectivity index (χ1) is 13.3. The summed E-state index contributed by atoms with van der Waals surface area (Å²) in [5.41, 5.74) is 1.63. The van der Waals surface area contributed by atoms with Crippen molar-refractivity contribution in [3.8, 4) is 6.07 Å². The Morgan fingerprint density at radius 2 is 1.93 bits per heavy atom. The molecule has 148 valence electrons. The zero-order valence-electron chi connectivity index (χ0n) is 15.4. The topological polar surface area (TPSA) is 56.1 Å². The highest BCUT2D eigenvalue weighted by atomic mass is 32.1. The average Bonchev–Trinajstić information content (AvgIpc) is 2.97. The van der Waals surface area contributed by atoms with E-state index in [-0.39, 0.29) is 12.5 Å². The molecule has 1 aliphatic rings. The fourth-order valence-corrected chi connectivity index (χ4v) is 4.61. The molecule has 0 bridgehead atoms. The Kier molecular flexibility index (Phi) is 6.06. The summed E-state index contributed by atoms with van der Waals surface area (Å²) in [4.78, 5) is 15.3. The van der Waals surface area contributed by atoms with Crippen LogP contribution in [0.1, 0.15) is 40.0 Å². The predicted octanol–water partition coefficient (Wildman–Crippen LogP) is 4.59. The Hall–Kier alpha value is -2.37. The lowest BCUT2D eigenvalue weighted by Crippen LogP contribution is -2.29. The average molecular weight is 407 g/mol. The van der Waals surface area contributed by atoms with Gasteiger partial charge in [-0.2, -0.15) is 18.4 Å². The number of hydrogen-bond acceptors (Lipinski definition) is 4. The molecule has 2 aromatic rings. The molecule has 8 heteroatoms. The minimum absolute atomic E-state index is 0.0778. The molecule has 0 aliphatic heterocycles. The quantitative estimate of drug-likeness (QED) is 0.789. The normalized spacial score (nSPS) is 13.9. The maximum absolute atomic E-state index is 12.6. The van der Waals surface area contributed by atoms with E-state index in [9.17, 15) is 23.2 Å². The van der Waals surface area contributed by atoms with Gasteiger partial charge in [0, 0.05) is 11.4 Å². The van der Waals surface area contributed by atoms with Gasteiger partial charge in [0.05, 0.1) is 17.7 Å². The molecule has 0 atom stereocenters. The summed E-state index contributed by atoms with van der Waals surface area (Å²) in [5, 5.41) is 12.9. The summed E-state index contributed by atoms with van der Waals surface area (Å²) in [5.74, 6) is -0.246. The maximum atomic E-state index is 12.6. The molecule has 0 fully saturated rings. The van der Waals surface area contributed by atoms with Gasteiger partial charge >= 0.3 is 6.18 Å². The molecule has 1 heterocycles. The highest BCUT2D eigenvalue weighted by molar-refractivity contribution is 7.16. The van der Waals surface area contributed by atoms with Gasteiger partial charge in [-0.1, -0.05) is 12.1 Å².